The molecule has 4 aliphatic rings. The van der Waals surface area contributed by atoms with Crippen LogP contribution in [0.25, 0.3) is 0 Å². The molecule has 6 nitrogen and oxygen atoms in total. The van der Waals surface area contributed by atoms with Gasteiger partial charge in [-0.05, 0) is 84.3 Å². The van der Waals surface area contributed by atoms with Crippen molar-refractivity contribution in [3.05, 3.63) is 15.5 Å². The zero-order valence-electron chi connectivity index (χ0n) is 16.5. The molecule has 0 saturated heterocycles. The third-order valence-electron chi connectivity index (χ3n) is 6.97. The number of hydrogen-bond acceptors (Lipinski definition) is 3. The molecule has 1 heterocycles. The van der Waals surface area contributed by atoms with E-state index in [1.165, 1.54) is 28.5 Å². The minimum absolute atomic E-state index is 0.118. The van der Waals surface area contributed by atoms with Gasteiger partial charge in [0.05, 0.1) is 22.0 Å². The standard InChI is InChI=1S/C20H30IN3O3/c1-14-15(21)6-23-24(14)13-19-8-17(2)7-18(3,9-19)11-20(10-17,12-19)27-5-4-22-16(25)26/h6,22H,4-5,7-13H2,1-3H3,(H,25,26). The molecule has 0 spiro atoms. The summed E-state index contributed by atoms with van der Waals surface area (Å²) < 4.78 is 9.88. The normalized spacial score (nSPS) is 39.7. The Morgan fingerprint density at radius 3 is 2.48 bits per heavy atom. The van der Waals surface area contributed by atoms with Gasteiger partial charge in [-0.3, -0.25) is 4.68 Å². The molecule has 27 heavy (non-hydrogen) atoms. The van der Waals surface area contributed by atoms with Gasteiger partial charge in [-0.25, -0.2) is 4.79 Å². The van der Waals surface area contributed by atoms with E-state index in [1.54, 1.807) is 0 Å². The van der Waals surface area contributed by atoms with Gasteiger partial charge in [0.1, 0.15) is 0 Å². The van der Waals surface area contributed by atoms with E-state index >= 15 is 0 Å². The second kappa shape index (κ2) is 6.34. The molecule has 0 radical (unpaired) electrons. The summed E-state index contributed by atoms with van der Waals surface area (Å²) in [5, 5.41) is 15.9. The highest BCUT2D eigenvalue weighted by Gasteiger charge is 2.66. The number of carbonyl (C=O) groups is 1. The fourth-order valence-corrected chi connectivity index (χ4v) is 7.88. The summed E-state index contributed by atoms with van der Waals surface area (Å²) in [5.74, 6) is 0. The first-order valence-electron chi connectivity index (χ1n) is 9.85. The van der Waals surface area contributed by atoms with E-state index in [1.807, 2.05) is 6.20 Å². The number of ether oxygens (including phenoxy) is 1. The largest absolute Gasteiger partial charge is 0.465 e. The van der Waals surface area contributed by atoms with Crippen LogP contribution in [0.15, 0.2) is 6.20 Å². The molecular formula is C20H30IN3O3. The molecule has 150 valence electrons. The van der Waals surface area contributed by atoms with Gasteiger partial charge < -0.3 is 15.2 Å². The number of carboxylic acid groups (broad SMARTS) is 1. The molecule has 2 unspecified atom stereocenters. The lowest BCUT2D eigenvalue weighted by molar-refractivity contribution is -0.247. The molecule has 1 amide bonds. The van der Waals surface area contributed by atoms with Crippen LogP contribution in [0.3, 0.4) is 0 Å². The van der Waals surface area contributed by atoms with Gasteiger partial charge in [-0.2, -0.15) is 5.10 Å². The molecule has 2 atom stereocenters. The Balaban J connectivity index is 1.58. The van der Waals surface area contributed by atoms with Crippen LogP contribution in [-0.4, -0.2) is 39.7 Å². The lowest BCUT2D eigenvalue weighted by Crippen LogP contribution is -2.64. The number of amides is 1. The monoisotopic (exact) mass is 487 g/mol. The van der Waals surface area contributed by atoms with Gasteiger partial charge in [0.2, 0.25) is 0 Å². The van der Waals surface area contributed by atoms with Gasteiger partial charge in [-0.15, -0.1) is 0 Å². The molecule has 0 aromatic carbocycles. The number of nitrogens with zero attached hydrogens (tertiary/aromatic N) is 2. The summed E-state index contributed by atoms with van der Waals surface area (Å²) in [6, 6.07) is 0. The highest BCUT2D eigenvalue weighted by molar-refractivity contribution is 14.1. The van der Waals surface area contributed by atoms with Crippen LogP contribution in [0.1, 0.15) is 58.1 Å². The Labute approximate surface area is 174 Å². The number of aromatic nitrogens is 2. The number of halogens is 1. The number of rotatable bonds is 6. The zero-order chi connectivity index (χ0) is 19.5. The quantitative estimate of drug-likeness (QED) is 0.466. The number of hydrogen-bond donors (Lipinski definition) is 2. The summed E-state index contributed by atoms with van der Waals surface area (Å²) >= 11 is 2.36. The molecule has 4 bridgehead atoms. The van der Waals surface area contributed by atoms with Crippen LogP contribution in [0.5, 0.6) is 0 Å². The molecule has 7 heteroatoms. The molecule has 0 aliphatic heterocycles. The van der Waals surface area contributed by atoms with Gasteiger partial charge in [0, 0.05) is 18.8 Å². The molecule has 2 N–H and O–H groups in total. The predicted molar refractivity (Wildman–Crippen MR) is 111 cm³/mol. The number of nitrogens with one attached hydrogen (secondary N) is 1. The molecule has 4 fully saturated rings. The second-order valence-electron chi connectivity index (χ2n) is 10.2. The van der Waals surface area contributed by atoms with Crippen molar-refractivity contribution in [1.29, 1.82) is 0 Å². The third kappa shape index (κ3) is 3.61. The van der Waals surface area contributed by atoms with Crippen molar-refractivity contribution in [2.45, 2.75) is 71.4 Å². The van der Waals surface area contributed by atoms with E-state index in [-0.39, 0.29) is 11.0 Å². The molecule has 1 aromatic heterocycles. The average Bonchev–Trinajstić information content (AvgIpc) is 2.79. The van der Waals surface area contributed by atoms with Crippen LogP contribution >= 0.6 is 22.6 Å². The van der Waals surface area contributed by atoms with Gasteiger partial charge in [-0.1, -0.05) is 13.8 Å². The highest BCUT2D eigenvalue weighted by Crippen LogP contribution is 2.72. The molecule has 1 aromatic rings. The minimum Gasteiger partial charge on any atom is -0.465 e. The topological polar surface area (TPSA) is 76.4 Å². The van der Waals surface area contributed by atoms with Crippen LogP contribution in [0.4, 0.5) is 4.79 Å². The maximum absolute atomic E-state index is 10.7. The van der Waals surface area contributed by atoms with Crippen molar-refractivity contribution in [2.24, 2.45) is 16.2 Å². The molecular weight excluding hydrogens is 457 g/mol. The van der Waals surface area contributed by atoms with Crippen LogP contribution < -0.4 is 5.32 Å². The summed E-state index contributed by atoms with van der Waals surface area (Å²) in [6.07, 6.45) is 7.99. The van der Waals surface area contributed by atoms with Crippen molar-refractivity contribution >= 4 is 28.7 Å². The Bertz CT molecular complexity index is 744. The molecule has 4 saturated carbocycles. The lowest BCUT2D eigenvalue weighted by Gasteiger charge is -2.69. The predicted octanol–water partition coefficient (Wildman–Crippen LogP) is 4.20. The second-order valence-corrected chi connectivity index (χ2v) is 11.3. The van der Waals surface area contributed by atoms with Crippen molar-refractivity contribution in [3.63, 3.8) is 0 Å². The van der Waals surface area contributed by atoms with Crippen LogP contribution in [0, 0.1) is 26.7 Å². The summed E-state index contributed by atoms with van der Waals surface area (Å²) in [4.78, 5) is 10.7. The van der Waals surface area contributed by atoms with Crippen molar-refractivity contribution in [2.75, 3.05) is 13.2 Å². The summed E-state index contributed by atoms with van der Waals surface area (Å²) in [5.41, 5.74) is 1.96. The summed E-state index contributed by atoms with van der Waals surface area (Å²) in [6.45, 7) is 8.80. The van der Waals surface area contributed by atoms with Gasteiger partial charge >= 0.3 is 6.09 Å². The zero-order valence-corrected chi connectivity index (χ0v) is 18.6. The van der Waals surface area contributed by atoms with Gasteiger partial charge in [0.25, 0.3) is 0 Å². The Kier molecular flexibility index (Phi) is 4.57. The smallest absolute Gasteiger partial charge is 0.404 e. The van der Waals surface area contributed by atoms with Crippen molar-refractivity contribution in [1.82, 2.24) is 15.1 Å². The van der Waals surface area contributed by atoms with E-state index in [9.17, 15) is 4.79 Å². The van der Waals surface area contributed by atoms with E-state index in [0.717, 1.165) is 25.8 Å². The Morgan fingerprint density at radius 2 is 1.93 bits per heavy atom. The highest BCUT2D eigenvalue weighted by atomic mass is 127. The van der Waals surface area contributed by atoms with Crippen molar-refractivity contribution in [3.8, 4) is 0 Å². The Morgan fingerprint density at radius 1 is 1.26 bits per heavy atom. The average molecular weight is 487 g/mol. The van der Waals surface area contributed by atoms with E-state index in [4.69, 9.17) is 9.84 Å². The van der Waals surface area contributed by atoms with Crippen LogP contribution in [-0.2, 0) is 11.3 Å². The first-order chi connectivity index (χ1) is 12.6. The summed E-state index contributed by atoms with van der Waals surface area (Å²) in [7, 11) is 0. The van der Waals surface area contributed by atoms with Crippen LogP contribution in [0.2, 0.25) is 0 Å². The van der Waals surface area contributed by atoms with E-state index in [0.29, 0.717) is 24.0 Å². The van der Waals surface area contributed by atoms with E-state index < -0.39 is 6.09 Å². The third-order valence-corrected chi connectivity index (χ3v) is 8.03. The fraction of sp³-hybridized carbons (Fsp3) is 0.800. The van der Waals surface area contributed by atoms with Gasteiger partial charge in [0.15, 0.2) is 0 Å². The lowest BCUT2D eigenvalue weighted by atomic mass is 9.39. The first-order valence-corrected chi connectivity index (χ1v) is 10.9. The van der Waals surface area contributed by atoms with E-state index in [2.05, 4.69) is 58.5 Å². The molecule has 5 rings (SSSR count). The Hall–Kier alpha value is -0.830. The maximum atomic E-state index is 10.7. The fourth-order valence-electron chi connectivity index (χ4n) is 7.48. The van der Waals surface area contributed by atoms with Crippen molar-refractivity contribution < 1.29 is 14.6 Å². The molecule has 4 aliphatic carbocycles. The SMILES string of the molecule is Cc1c(I)cnn1CC12CC3(C)CC(C)(C1)CC(OCCNC(=O)O)(C3)C2. The first kappa shape index (κ1) is 19.5. The minimum atomic E-state index is -0.983. The maximum Gasteiger partial charge on any atom is 0.404 e.